The van der Waals surface area contributed by atoms with E-state index in [-0.39, 0.29) is 17.9 Å². The summed E-state index contributed by atoms with van der Waals surface area (Å²) in [5.41, 5.74) is 1.12. The third kappa shape index (κ3) is 5.65. The Balaban J connectivity index is 1.24. The highest BCUT2D eigenvalue weighted by atomic mass is 16.2. The number of hydrogen-bond donors (Lipinski definition) is 1. The fourth-order valence-corrected chi connectivity index (χ4v) is 4.94. The molecule has 0 saturated carbocycles. The highest BCUT2D eigenvalue weighted by Gasteiger charge is 2.29. The van der Waals surface area contributed by atoms with Gasteiger partial charge in [0.2, 0.25) is 11.8 Å². The number of carbonyl (C=O) groups excluding carboxylic acids is 2. The molecule has 0 bridgehead atoms. The largest absolute Gasteiger partial charge is 0.348 e. The smallest absolute Gasteiger partial charge is 0.234 e. The van der Waals surface area contributed by atoms with Crippen molar-refractivity contribution in [2.75, 3.05) is 32.7 Å². The lowest BCUT2D eigenvalue weighted by Crippen LogP contribution is -2.45. The summed E-state index contributed by atoms with van der Waals surface area (Å²) < 4.78 is 0. The van der Waals surface area contributed by atoms with Gasteiger partial charge in [0.05, 0.1) is 12.6 Å². The lowest BCUT2D eigenvalue weighted by molar-refractivity contribution is -0.137. The topological polar surface area (TPSA) is 52.7 Å². The van der Waals surface area contributed by atoms with Crippen molar-refractivity contribution in [3.8, 4) is 0 Å². The SMILES string of the molecule is CC(NC(=O)CN1CCC(C(=O)N2CCCCCC2)CC1)c1ccc2ccccc2c1. The van der Waals surface area contributed by atoms with Crippen molar-refractivity contribution in [2.24, 2.45) is 5.92 Å². The Morgan fingerprint density at radius 2 is 1.61 bits per heavy atom. The molecule has 1 N–H and O–H groups in total. The number of fused-ring (bicyclic) bond motifs is 1. The van der Waals surface area contributed by atoms with E-state index < -0.39 is 0 Å². The Kier molecular flexibility index (Phi) is 7.23. The maximum Gasteiger partial charge on any atom is 0.234 e. The van der Waals surface area contributed by atoms with Crippen molar-refractivity contribution in [3.63, 3.8) is 0 Å². The summed E-state index contributed by atoms with van der Waals surface area (Å²) >= 11 is 0. The second-order valence-electron chi connectivity index (χ2n) is 9.19. The van der Waals surface area contributed by atoms with Crippen LogP contribution in [-0.4, -0.2) is 54.3 Å². The molecular formula is C26H35N3O2. The van der Waals surface area contributed by atoms with E-state index in [1.807, 2.05) is 19.1 Å². The van der Waals surface area contributed by atoms with Gasteiger partial charge in [0.25, 0.3) is 0 Å². The van der Waals surface area contributed by atoms with E-state index in [9.17, 15) is 9.59 Å². The third-order valence-electron chi connectivity index (χ3n) is 6.87. The van der Waals surface area contributed by atoms with Crippen molar-refractivity contribution >= 4 is 22.6 Å². The van der Waals surface area contributed by atoms with Gasteiger partial charge in [0, 0.05) is 19.0 Å². The molecular weight excluding hydrogens is 386 g/mol. The van der Waals surface area contributed by atoms with Gasteiger partial charge < -0.3 is 10.2 Å². The fourth-order valence-electron chi connectivity index (χ4n) is 4.94. The zero-order valence-corrected chi connectivity index (χ0v) is 18.7. The summed E-state index contributed by atoms with van der Waals surface area (Å²) in [5, 5.41) is 5.55. The van der Waals surface area contributed by atoms with Crippen LogP contribution in [-0.2, 0) is 9.59 Å². The monoisotopic (exact) mass is 421 g/mol. The van der Waals surface area contributed by atoms with E-state index in [1.54, 1.807) is 0 Å². The molecule has 2 saturated heterocycles. The third-order valence-corrected chi connectivity index (χ3v) is 6.87. The molecule has 0 aliphatic carbocycles. The van der Waals surface area contributed by atoms with E-state index in [0.29, 0.717) is 12.5 Å². The standard InChI is InChI=1S/C26H35N3O2/c1-20(23-11-10-21-8-4-5-9-24(21)18-23)27-25(30)19-28-16-12-22(13-17-28)26(31)29-14-6-2-3-7-15-29/h4-5,8-11,18,20,22H,2-3,6-7,12-17,19H2,1H3,(H,27,30). The molecule has 2 heterocycles. The maximum atomic E-state index is 12.9. The molecule has 2 amide bonds. The zero-order chi connectivity index (χ0) is 21.6. The number of nitrogens with one attached hydrogen (secondary N) is 1. The van der Waals surface area contributed by atoms with Gasteiger partial charge in [-0.25, -0.2) is 0 Å². The van der Waals surface area contributed by atoms with Crippen molar-refractivity contribution in [1.29, 1.82) is 0 Å². The van der Waals surface area contributed by atoms with Gasteiger partial charge >= 0.3 is 0 Å². The van der Waals surface area contributed by atoms with Crippen molar-refractivity contribution in [1.82, 2.24) is 15.1 Å². The number of rotatable bonds is 5. The van der Waals surface area contributed by atoms with Crippen LogP contribution in [0.3, 0.4) is 0 Å². The van der Waals surface area contributed by atoms with Gasteiger partial charge in [-0.15, -0.1) is 0 Å². The molecule has 2 aliphatic rings. The molecule has 2 aliphatic heterocycles. The highest BCUT2D eigenvalue weighted by molar-refractivity contribution is 5.83. The van der Waals surface area contributed by atoms with E-state index in [2.05, 4.69) is 45.4 Å². The quantitative estimate of drug-likeness (QED) is 0.790. The first kappa shape index (κ1) is 21.8. The molecule has 31 heavy (non-hydrogen) atoms. The first-order valence-corrected chi connectivity index (χ1v) is 11.9. The fraction of sp³-hybridized carbons (Fsp3) is 0.538. The summed E-state index contributed by atoms with van der Waals surface area (Å²) in [6.07, 6.45) is 6.50. The van der Waals surface area contributed by atoms with Crippen LogP contribution in [0.25, 0.3) is 10.8 Å². The lowest BCUT2D eigenvalue weighted by atomic mass is 9.95. The second kappa shape index (κ2) is 10.3. The highest BCUT2D eigenvalue weighted by Crippen LogP contribution is 2.23. The molecule has 1 unspecified atom stereocenters. The van der Waals surface area contributed by atoms with Gasteiger partial charge in [-0.1, -0.05) is 49.2 Å². The number of likely N-dealkylation sites (tertiary alicyclic amines) is 2. The molecule has 5 heteroatoms. The van der Waals surface area contributed by atoms with Crippen molar-refractivity contribution < 1.29 is 9.59 Å². The first-order valence-electron chi connectivity index (χ1n) is 11.9. The molecule has 0 radical (unpaired) electrons. The van der Waals surface area contributed by atoms with Crippen LogP contribution >= 0.6 is 0 Å². The summed E-state index contributed by atoms with van der Waals surface area (Å²) in [7, 11) is 0. The predicted molar refractivity (Wildman–Crippen MR) is 125 cm³/mol. The maximum absolute atomic E-state index is 12.9. The number of piperidine rings is 1. The Morgan fingerprint density at radius 3 is 2.32 bits per heavy atom. The second-order valence-corrected chi connectivity index (χ2v) is 9.19. The summed E-state index contributed by atoms with van der Waals surface area (Å²) in [5.74, 6) is 0.530. The molecule has 0 spiro atoms. The van der Waals surface area contributed by atoms with Crippen molar-refractivity contribution in [2.45, 2.75) is 51.5 Å². The molecule has 5 nitrogen and oxygen atoms in total. The van der Waals surface area contributed by atoms with Crippen LogP contribution in [0.2, 0.25) is 0 Å². The van der Waals surface area contributed by atoms with Crippen molar-refractivity contribution in [3.05, 3.63) is 48.0 Å². The first-order chi connectivity index (χ1) is 15.1. The van der Waals surface area contributed by atoms with Gasteiger partial charge in [0.15, 0.2) is 0 Å². The zero-order valence-electron chi connectivity index (χ0n) is 18.7. The Bertz CT molecular complexity index is 896. The molecule has 166 valence electrons. The Labute approximate surface area is 185 Å². The van der Waals surface area contributed by atoms with E-state index in [0.717, 1.165) is 57.4 Å². The number of amides is 2. The number of benzene rings is 2. The lowest BCUT2D eigenvalue weighted by Gasteiger charge is -2.33. The minimum atomic E-state index is -0.0285. The van der Waals surface area contributed by atoms with E-state index >= 15 is 0 Å². The predicted octanol–water partition coefficient (Wildman–Crippen LogP) is 4.13. The number of nitrogens with zero attached hydrogens (tertiary/aromatic N) is 2. The minimum Gasteiger partial charge on any atom is -0.348 e. The van der Waals surface area contributed by atoms with Gasteiger partial charge in [-0.05, 0) is 68.1 Å². The molecule has 2 aromatic rings. The average Bonchev–Trinajstić information content (AvgIpc) is 3.08. The molecule has 4 rings (SSSR count). The summed E-state index contributed by atoms with van der Waals surface area (Å²) in [6.45, 7) is 5.93. The van der Waals surface area contributed by atoms with Gasteiger partial charge in [-0.3, -0.25) is 14.5 Å². The number of carbonyl (C=O) groups is 2. The summed E-state index contributed by atoms with van der Waals surface area (Å²) in [4.78, 5) is 29.8. The molecule has 1 atom stereocenters. The molecule has 0 aromatic heterocycles. The van der Waals surface area contributed by atoms with Crippen LogP contribution in [0.1, 0.15) is 57.1 Å². The number of hydrogen-bond acceptors (Lipinski definition) is 3. The Morgan fingerprint density at radius 1 is 0.935 bits per heavy atom. The average molecular weight is 422 g/mol. The van der Waals surface area contributed by atoms with Crippen LogP contribution in [0.5, 0.6) is 0 Å². The van der Waals surface area contributed by atoms with Gasteiger partial charge in [-0.2, -0.15) is 0 Å². The molecule has 2 aromatic carbocycles. The van der Waals surface area contributed by atoms with E-state index in [4.69, 9.17) is 0 Å². The Hall–Kier alpha value is -2.40. The van der Waals surface area contributed by atoms with E-state index in [1.165, 1.54) is 23.6 Å². The minimum absolute atomic E-state index is 0.0285. The van der Waals surface area contributed by atoms with Crippen LogP contribution in [0.4, 0.5) is 0 Å². The van der Waals surface area contributed by atoms with Crippen LogP contribution in [0.15, 0.2) is 42.5 Å². The van der Waals surface area contributed by atoms with Gasteiger partial charge in [0.1, 0.15) is 0 Å². The van der Waals surface area contributed by atoms with Crippen LogP contribution in [0, 0.1) is 5.92 Å². The van der Waals surface area contributed by atoms with Crippen LogP contribution < -0.4 is 5.32 Å². The normalized spacial score (nSPS) is 19.7. The molecule has 2 fully saturated rings. The summed E-state index contributed by atoms with van der Waals surface area (Å²) in [6, 6.07) is 14.6.